The highest BCUT2D eigenvalue weighted by Crippen LogP contribution is 2.42. The summed E-state index contributed by atoms with van der Waals surface area (Å²) >= 11 is 0. The van der Waals surface area contributed by atoms with Crippen molar-refractivity contribution in [1.82, 2.24) is 15.5 Å². The van der Waals surface area contributed by atoms with Crippen LogP contribution in [0.3, 0.4) is 0 Å². The molecule has 10 nitrogen and oxygen atoms in total. The number of amides is 6. The summed E-state index contributed by atoms with van der Waals surface area (Å²) in [5.74, 6) is -0.0680. The van der Waals surface area contributed by atoms with E-state index in [0.717, 1.165) is 17.7 Å². The number of anilines is 1. The molecule has 0 aromatic heterocycles. The first kappa shape index (κ1) is 17.1. The van der Waals surface area contributed by atoms with Gasteiger partial charge in [-0.2, -0.15) is 0 Å². The summed E-state index contributed by atoms with van der Waals surface area (Å²) in [6.45, 7) is 1.24. The first-order valence-corrected chi connectivity index (χ1v) is 8.51. The van der Waals surface area contributed by atoms with Crippen LogP contribution in [-0.2, 0) is 9.59 Å². The number of imide groups is 2. The molecule has 0 spiro atoms. The number of fused-ring (bicyclic) bond motifs is 1. The van der Waals surface area contributed by atoms with Crippen molar-refractivity contribution >= 4 is 29.6 Å². The van der Waals surface area contributed by atoms with Crippen LogP contribution in [-0.4, -0.2) is 47.7 Å². The van der Waals surface area contributed by atoms with Gasteiger partial charge in [0.05, 0.1) is 0 Å². The van der Waals surface area contributed by atoms with Crippen LogP contribution >= 0.6 is 0 Å². The van der Waals surface area contributed by atoms with E-state index in [1.807, 2.05) is 0 Å². The number of carbonyl (C=O) groups excluding carboxylic acids is 4. The summed E-state index contributed by atoms with van der Waals surface area (Å²) < 4.78 is 10.4. The Kier molecular flexibility index (Phi) is 3.90. The van der Waals surface area contributed by atoms with Crippen LogP contribution in [0.1, 0.15) is 19.8 Å². The Morgan fingerprint density at radius 2 is 2.00 bits per heavy atom. The van der Waals surface area contributed by atoms with Crippen LogP contribution in [0.4, 0.5) is 15.3 Å². The Morgan fingerprint density at radius 3 is 2.74 bits per heavy atom. The van der Waals surface area contributed by atoms with E-state index in [1.54, 1.807) is 25.1 Å². The second-order valence-electron chi connectivity index (χ2n) is 6.87. The molecule has 0 radical (unpaired) electrons. The second-order valence-corrected chi connectivity index (χ2v) is 6.87. The molecule has 27 heavy (non-hydrogen) atoms. The highest BCUT2D eigenvalue weighted by atomic mass is 16.7. The lowest BCUT2D eigenvalue weighted by Crippen LogP contribution is -2.47. The number of hydrogen-bond acceptors (Lipinski definition) is 6. The molecule has 2 aliphatic heterocycles. The Morgan fingerprint density at radius 1 is 1.26 bits per heavy atom. The third kappa shape index (κ3) is 3.14. The van der Waals surface area contributed by atoms with Crippen LogP contribution in [0.5, 0.6) is 11.5 Å². The lowest BCUT2D eigenvalue weighted by atomic mass is 9.96. The van der Waals surface area contributed by atoms with E-state index >= 15 is 0 Å². The molecule has 1 saturated carbocycles. The normalized spacial score (nSPS) is 23.2. The Balaban J connectivity index is 1.33. The molecule has 1 aromatic carbocycles. The molecular weight excluding hydrogens is 356 g/mol. The summed E-state index contributed by atoms with van der Waals surface area (Å²) in [5, 5.41) is 7.23. The van der Waals surface area contributed by atoms with Gasteiger partial charge in [0.1, 0.15) is 12.1 Å². The summed E-state index contributed by atoms with van der Waals surface area (Å²) in [4.78, 5) is 49.4. The summed E-state index contributed by atoms with van der Waals surface area (Å²) in [6, 6.07) is 3.38. The molecule has 1 aliphatic carbocycles. The van der Waals surface area contributed by atoms with Gasteiger partial charge in [-0.1, -0.05) is 0 Å². The number of nitrogens with one attached hydrogen (secondary N) is 3. The summed E-state index contributed by atoms with van der Waals surface area (Å²) in [7, 11) is 0. The van der Waals surface area contributed by atoms with Crippen molar-refractivity contribution < 1.29 is 28.7 Å². The van der Waals surface area contributed by atoms with Gasteiger partial charge in [0.2, 0.25) is 12.7 Å². The fourth-order valence-electron chi connectivity index (χ4n) is 3.24. The zero-order chi connectivity index (χ0) is 19.2. The number of hydrogen-bond donors (Lipinski definition) is 3. The Labute approximate surface area is 154 Å². The van der Waals surface area contributed by atoms with E-state index in [2.05, 4.69) is 16.0 Å². The number of nitrogens with zero attached hydrogens (tertiary/aromatic N) is 1. The number of benzene rings is 1. The van der Waals surface area contributed by atoms with Gasteiger partial charge in [-0.3, -0.25) is 19.8 Å². The predicted molar refractivity (Wildman–Crippen MR) is 91.1 cm³/mol. The van der Waals surface area contributed by atoms with Crippen molar-refractivity contribution in [3.63, 3.8) is 0 Å². The molecule has 1 aromatic rings. The molecular formula is C17H18N4O6. The standard InChI is InChI=1S/C17H18N4O6/c1-17(9-2-3-9)14(23)21(16(25)20-17)7-13(22)19-15(24)18-10-4-5-11-12(6-10)27-8-26-11/h4-6,9H,2-3,7-8H2,1H3,(H,20,25)(H2,18,19,22,24)/t17-/m0/s1. The Bertz CT molecular complexity index is 852. The van der Waals surface area contributed by atoms with Gasteiger partial charge >= 0.3 is 12.1 Å². The van der Waals surface area contributed by atoms with Gasteiger partial charge in [0, 0.05) is 11.8 Å². The molecule has 2 fully saturated rings. The van der Waals surface area contributed by atoms with Crippen LogP contribution < -0.4 is 25.4 Å². The highest BCUT2D eigenvalue weighted by molar-refractivity contribution is 6.10. The first-order valence-electron chi connectivity index (χ1n) is 8.51. The molecule has 4 rings (SSSR count). The minimum absolute atomic E-state index is 0.0938. The molecule has 142 valence electrons. The number of urea groups is 2. The molecule has 10 heteroatoms. The lowest BCUT2D eigenvalue weighted by molar-refractivity contribution is -0.134. The maximum absolute atomic E-state index is 12.5. The van der Waals surface area contributed by atoms with Gasteiger partial charge in [0.25, 0.3) is 5.91 Å². The quantitative estimate of drug-likeness (QED) is 0.669. The van der Waals surface area contributed by atoms with Crippen LogP contribution in [0, 0.1) is 5.92 Å². The molecule has 1 saturated heterocycles. The van der Waals surface area contributed by atoms with Gasteiger partial charge in [-0.15, -0.1) is 0 Å². The topological polar surface area (TPSA) is 126 Å². The molecule has 2 heterocycles. The van der Waals surface area contributed by atoms with Crippen molar-refractivity contribution in [2.24, 2.45) is 5.92 Å². The first-order chi connectivity index (χ1) is 12.9. The van der Waals surface area contributed by atoms with E-state index < -0.39 is 36.0 Å². The second kappa shape index (κ2) is 6.15. The monoisotopic (exact) mass is 374 g/mol. The highest BCUT2D eigenvalue weighted by Gasteiger charge is 2.56. The fourth-order valence-corrected chi connectivity index (χ4v) is 3.24. The average molecular weight is 374 g/mol. The fraction of sp³-hybridized carbons (Fsp3) is 0.412. The minimum atomic E-state index is -0.966. The van der Waals surface area contributed by atoms with E-state index in [-0.39, 0.29) is 12.7 Å². The number of carbonyl (C=O) groups is 4. The summed E-state index contributed by atoms with van der Waals surface area (Å²) in [6.07, 6.45) is 1.72. The van der Waals surface area contributed by atoms with E-state index in [9.17, 15) is 19.2 Å². The van der Waals surface area contributed by atoms with Gasteiger partial charge in [-0.25, -0.2) is 9.59 Å². The number of rotatable bonds is 4. The van der Waals surface area contributed by atoms with Gasteiger partial charge in [-0.05, 0) is 37.8 Å². The Hall–Kier alpha value is -3.30. The van der Waals surface area contributed by atoms with Gasteiger partial charge < -0.3 is 20.1 Å². The minimum Gasteiger partial charge on any atom is -0.454 e. The van der Waals surface area contributed by atoms with Crippen molar-refractivity contribution in [3.8, 4) is 11.5 Å². The van der Waals surface area contributed by atoms with E-state index in [4.69, 9.17) is 9.47 Å². The van der Waals surface area contributed by atoms with Crippen molar-refractivity contribution in [2.75, 3.05) is 18.7 Å². The smallest absolute Gasteiger partial charge is 0.325 e. The maximum atomic E-state index is 12.5. The zero-order valence-corrected chi connectivity index (χ0v) is 14.5. The van der Waals surface area contributed by atoms with E-state index in [0.29, 0.717) is 17.2 Å². The lowest BCUT2D eigenvalue weighted by Gasteiger charge is -2.20. The van der Waals surface area contributed by atoms with E-state index in [1.165, 1.54) is 0 Å². The largest absolute Gasteiger partial charge is 0.454 e. The SMILES string of the molecule is C[C@@]1(C2CC2)NC(=O)N(CC(=O)NC(=O)Nc2ccc3c(c2)OCO3)C1=O. The van der Waals surface area contributed by atoms with Crippen molar-refractivity contribution in [1.29, 1.82) is 0 Å². The van der Waals surface area contributed by atoms with Crippen molar-refractivity contribution in [3.05, 3.63) is 18.2 Å². The molecule has 0 unspecified atom stereocenters. The molecule has 3 aliphatic rings. The van der Waals surface area contributed by atoms with Crippen LogP contribution in [0.2, 0.25) is 0 Å². The predicted octanol–water partition coefficient (Wildman–Crippen LogP) is 0.784. The van der Waals surface area contributed by atoms with Crippen LogP contribution in [0.15, 0.2) is 18.2 Å². The average Bonchev–Trinajstić information content (AvgIpc) is 3.33. The third-order valence-electron chi connectivity index (χ3n) is 4.88. The molecule has 0 bridgehead atoms. The molecule has 1 atom stereocenters. The molecule has 6 amide bonds. The molecule has 3 N–H and O–H groups in total. The van der Waals surface area contributed by atoms with Crippen molar-refractivity contribution in [2.45, 2.75) is 25.3 Å². The zero-order valence-electron chi connectivity index (χ0n) is 14.5. The van der Waals surface area contributed by atoms with Crippen LogP contribution in [0.25, 0.3) is 0 Å². The maximum Gasteiger partial charge on any atom is 0.325 e. The summed E-state index contributed by atoms with van der Waals surface area (Å²) in [5.41, 5.74) is -0.563. The third-order valence-corrected chi connectivity index (χ3v) is 4.88. The van der Waals surface area contributed by atoms with Gasteiger partial charge in [0.15, 0.2) is 11.5 Å². The number of ether oxygens (including phenoxy) is 2.